The molecule has 0 aliphatic heterocycles. The summed E-state index contributed by atoms with van der Waals surface area (Å²) in [5.74, 6) is -0.764. The molecule has 0 saturated heterocycles. The molecule has 3 rings (SSSR count). The van der Waals surface area contributed by atoms with E-state index in [1.54, 1.807) is 60.8 Å². The Bertz CT molecular complexity index is 1160. The third-order valence-electron chi connectivity index (χ3n) is 4.40. The van der Waals surface area contributed by atoms with Gasteiger partial charge in [-0.1, -0.05) is 18.2 Å². The van der Waals surface area contributed by atoms with E-state index in [4.69, 9.17) is 0 Å². The first-order valence-corrected chi connectivity index (χ1v) is 9.31. The first kappa shape index (κ1) is 20.7. The Morgan fingerprint density at radius 3 is 2.30 bits per heavy atom. The van der Waals surface area contributed by atoms with Gasteiger partial charge < -0.3 is 15.2 Å². The van der Waals surface area contributed by atoms with Gasteiger partial charge in [0, 0.05) is 34.8 Å². The molecule has 152 valence electrons. The molecule has 2 N–H and O–H groups in total. The van der Waals surface area contributed by atoms with Crippen molar-refractivity contribution in [3.05, 3.63) is 93.9 Å². The van der Waals surface area contributed by atoms with E-state index in [1.807, 2.05) is 6.92 Å². The van der Waals surface area contributed by atoms with Crippen LogP contribution in [0.2, 0.25) is 0 Å². The van der Waals surface area contributed by atoms with E-state index >= 15 is 0 Å². The highest BCUT2D eigenvalue weighted by Gasteiger charge is 2.09. The highest BCUT2D eigenvalue weighted by molar-refractivity contribution is 6.05. The smallest absolute Gasteiger partial charge is 0.255 e. The summed E-state index contributed by atoms with van der Waals surface area (Å²) in [6.07, 6.45) is 1.62. The zero-order valence-corrected chi connectivity index (χ0v) is 16.6. The number of ketones is 1. The number of hydrogen-bond donors (Lipinski definition) is 2. The molecular weight excluding hydrogens is 382 g/mol. The van der Waals surface area contributed by atoms with Gasteiger partial charge in [0.05, 0.1) is 0 Å². The number of aryl methyl sites for hydroxylation is 1. The molecule has 7 nitrogen and oxygen atoms in total. The molecular formula is C23H21N3O4. The maximum absolute atomic E-state index is 12.4. The number of Topliss-reactive ketones (excluding diaryl/α,β-unsaturated/α-hetero) is 1. The molecule has 0 aliphatic rings. The van der Waals surface area contributed by atoms with Crippen LogP contribution in [0, 0.1) is 6.92 Å². The van der Waals surface area contributed by atoms with Gasteiger partial charge in [-0.25, -0.2) is 0 Å². The number of rotatable bonds is 6. The van der Waals surface area contributed by atoms with Crippen LogP contribution in [0.15, 0.2) is 71.7 Å². The summed E-state index contributed by atoms with van der Waals surface area (Å²) in [6, 6.07) is 16.2. The van der Waals surface area contributed by atoms with Crippen molar-refractivity contribution in [3.63, 3.8) is 0 Å². The second kappa shape index (κ2) is 9.00. The standard InChI is InChI=1S/C23H21N3O4/c1-15-6-11-22(29)26(13-15)14-21(28)24-19-9-7-17(8-10-19)23(30)25-20-5-3-4-18(12-20)16(2)27/h3-13H,14H2,1-2H3,(H,24,28)(H,25,30). The second-order valence-corrected chi connectivity index (χ2v) is 6.89. The fourth-order valence-electron chi connectivity index (χ4n) is 2.85. The minimum atomic E-state index is -0.346. The highest BCUT2D eigenvalue weighted by atomic mass is 16.2. The molecule has 2 amide bonds. The summed E-state index contributed by atoms with van der Waals surface area (Å²) in [4.78, 5) is 47.9. The molecule has 0 radical (unpaired) electrons. The molecule has 30 heavy (non-hydrogen) atoms. The van der Waals surface area contributed by atoms with Gasteiger partial charge in [-0.05, 0) is 55.8 Å². The van der Waals surface area contributed by atoms with Crippen LogP contribution in [0.4, 0.5) is 11.4 Å². The maximum atomic E-state index is 12.4. The Balaban J connectivity index is 1.63. The van der Waals surface area contributed by atoms with Crippen LogP contribution in [-0.2, 0) is 11.3 Å². The van der Waals surface area contributed by atoms with Crippen molar-refractivity contribution >= 4 is 29.0 Å². The van der Waals surface area contributed by atoms with E-state index in [0.717, 1.165) is 5.56 Å². The Kier molecular flexibility index (Phi) is 6.22. The predicted molar refractivity (Wildman–Crippen MR) is 115 cm³/mol. The topological polar surface area (TPSA) is 97.3 Å². The van der Waals surface area contributed by atoms with E-state index in [1.165, 1.54) is 17.6 Å². The van der Waals surface area contributed by atoms with Crippen LogP contribution >= 0.6 is 0 Å². The first-order chi connectivity index (χ1) is 14.3. The lowest BCUT2D eigenvalue weighted by Crippen LogP contribution is -2.26. The quantitative estimate of drug-likeness (QED) is 0.618. The van der Waals surface area contributed by atoms with Gasteiger partial charge in [-0.3, -0.25) is 19.2 Å². The van der Waals surface area contributed by atoms with E-state index in [0.29, 0.717) is 22.5 Å². The van der Waals surface area contributed by atoms with Crippen molar-refractivity contribution in [3.8, 4) is 0 Å². The molecule has 0 spiro atoms. The number of nitrogens with zero attached hydrogens (tertiary/aromatic N) is 1. The van der Waals surface area contributed by atoms with Gasteiger partial charge in [-0.2, -0.15) is 0 Å². The fraction of sp³-hybridized carbons (Fsp3) is 0.130. The van der Waals surface area contributed by atoms with E-state index in [9.17, 15) is 19.2 Å². The lowest BCUT2D eigenvalue weighted by Gasteiger charge is -2.09. The number of amides is 2. The predicted octanol–water partition coefficient (Wildman–Crippen LogP) is 3.25. The van der Waals surface area contributed by atoms with Crippen molar-refractivity contribution in [2.75, 3.05) is 10.6 Å². The molecule has 0 bridgehead atoms. The number of anilines is 2. The Labute approximate surface area is 173 Å². The number of pyridine rings is 1. The molecule has 0 aliphatic carbocycles. The lowest BCUT2D eigenvalue weighted by atomic mass is 10.1. The van der Waals surface area contributed by atoms with Gasteiger partial charge in [0.1, 0.15) is 6.54 Å². The number of benzene rings is 2. The normalized spacial score (nSPS) is 10.3. The molecule has 1 heterocycles. The van der Waals surface area contributed by atoms with Gasteiger partial charge >= 0.3 is 0 Å². The molecule has 0 atom stereocenters. The molecule has 3 aromatic rings. The van der Waals surface area contributed by atoms with Gasteiger partial charge in [0.2, 0.25) is 5.91 Å². The lowest BCUT2D eigenvalue weighted by molar-refractivity contribution is -0.116. The minimum absolute atomic E-state index is 0.0841. The maximum Gasteiger partial charge on any atom is 0.255 e. The van der Waals surface area contributed by atoms with Crippen molar-refractivity contribution in [1.29, 1.82) is 0 Å². The molecule has 2 aromatic carbocycles. The Morgan fingerprint density at radius 1 is 0.867 bits per heavy atom. The van der Waals surface area contributed by atoms with Crippen LogP contribution in [0.25, 0.3) is 0 Å². The summed E-state index contributed by atoms with van der Waals surface area (Å²) >= 11 is 0. The first-order valence-electron chi connectivity index (χ1n) is 9.31. The van der Waals surface area contributed by atoms with Crippen molar-refractivity contribution in [2.45, 2.75) is 20.4 Å². The van der Waals surface area contributed by atoms with E-state index in [2.05, 4.69) is 10.6 Å². The molecule has 0 unspecified atom stereocenters. The van der Waals surface area contributed by atoms with Crippen LogP contribution in [0.5, 0.6) is 0 Å². The van der Waals surface area contributed by atoms with Crippen molar-refractivity contribution in [1.82, 2.24) is 4.57 Å². The Hall–Kier alpha value is -4.00. The van der Waals surface area contributed by atoms with E-state index in [-0.39, 0.29) is 29.7 Å². The number of aromatic nitrogens is 1. The van der Waals surface area contributed by atoms with Crippen molar-refractivity contribution < 1.29 is 14.4 Å². The third kappa shape index (κ3) is 5.29. The zero-order chi connectivity index (χ0) is 21.7. The fourth-order valence-corrected chi connectivity index (χ4v) is 2.85. The van der Waals surface area contributed by atoms with Crippen LogP contribution in [0.3, 0.4) is 0 Å². The minimum Gasteiger partial charge on any atom is -0.325 e. The third-order valence-corrected chi connectivity index (χ3v) is 4.40. The van der Waals surface area contributed by atoms with Crippen LogP contribution in [0.1, 0.15) is 33.2 Å². The van der Waals surface area contributed by atoms with Crippen LogP contribution in [-0.4, -0.2) is 22.2 Å². The van der Waals surface area contributed by atoms with Crippen LogP contribution < -0.4 is 16.2 Å². The SMILES string of the molecule is CC(=O)c1cccc(NC(=O)c2ccc(NC(=O)Cn3cc(C)ccc3=O)cc2)c1. The average Bonchev–Trinajstić information content (AvgIpc) is 2.71. The highest BCUT2D eigenvalue weighted by Crippen LogP contribution is 2.15. The van der Waals surface area contributed by atoms with Gasteiger partial charge in [-0.15, -0.1) is 0 Å². The molecule has 0 fully saturated rings. The molecule has 0 saturated carbocycles. The second-order valence-electron chi connectivity index (χ2n) is 6.89. The molecule has 1 aromatic heterocycles. The van der Waals surface area contributed by atoms with Crippen molar-refractivity contribution in [2.24, 2.45) is 0 Å². The summed E-state index contributed by atoms with van der Waals surface area (Å²) < 4.78 is 1.33. The van der Waals surface area contributed by atoms with Gasteiger partial charge in [0.25, 0.3) is 11.5 Å². The largest absolute Gasteiger partial charge is 0.325 e. The number of carbonyl (C=O) groups excluding carboxylic acids is 3. The summed E-state index contributed by atoms with van der Waals surface area (Å²) in [5.41, 5.74) is 2.57. The number of nitrogens with one attached hydrogen (secondary N) is 2. The Morgan fingerprint density at radius 2 is 1.60 bits per heavy atom. The number of hydrogen-bond acceptors (Lipinski definition) is 4. The number of carbonyl (C=O) groups is 3. The average molecular weight is 403 g/mol. The monoisotopic (exact) mass is 403 g/mol. The summed E-state index contributed by atoms with van der Waals surface area (Å²) in [7, 11) is 0. The zero-order valence-electron chi connectivity index (χ0n) is 16.6. The van der Waals surface area contributed by atoms with E-state index < -0.39 is 0 Å². The summed E-state index contributed by atoms with van der Waals surface area (Å²) in [6.45, 7) is 3.20. The molecule has 7 heteroatoms. The van der Waals surface area contributed by atoms with Gasteiger partial charge in [0.15, 0.2) is 5.78 Å². The summed E-state index contributed by atoms with van der Waals surface area (Å²) in [5, 5.41) is 5.45.